The van der Waals surface area contributed by atoms with Gasteiger partial charge in [-0.1, -0.05) is 12.1 Å². The molecule has 0 spiro atoms. The molecule has 1 aliphatic rings. The summed E-state index contributed by atoms with van der Waals surface area (Å²) in [4.78, 5) is 23.0. The van der Waals surface area contributed by atoms with Crippen LogP contribution in [0.25, 0.3) is 0 Å². The number of carboxylic acid groups (broad SMARTS) is 1. The number of benzene rings is 1. The monoisotopic (exact) mass is 291 g/mol. The van der Waals surface area contributed by atoms with E-state index in [-0.39, 0.29) is 23.1 Å². The molecule has 0 unspecified atom stereocenters. The van der Waals surface area contributed by atoms with Crippen LogP contribution in [0.5, 0.6) is 5.75 Å². The lowest BCUT2D eigenvalue weighted by molar-refractivity contribution is -0.143. The summed E-state index contributed by atoms with van der Waals surface area (Å²) in [7, 11) is 0. The first-order valence-corrected chi connectivity index (χ1v) is 7.28. The average molecular weight is 291 g/mol. The molecule has 0 atom stereocenters. The Hall–Kier alpha value is -2.04. The molecule has 1 saturated carbocycles. The van der Waals surface area contributed by atoms with Crippen molar-refractivity contribution in [2.24, 2.45) is 11.8 Å². The average Bonchev–Trinajstić information content (AvgIpc) is 2.48. The molecule has 114 valence electrons. The van der Waals surface area contributed by atoms with Gasteiger partial charge in [0.15, 0.2) is 0 Å². The van der Waals surface area contributed by atoms with E-state index in [1.807, 2.05) is 0 Å². The molecule has 5 nitrogen and oxygen atoms in total. The molecule has 2 rings (SSSR count). The summed E-state index contributed by atoms with van der Waals surface area (Å²) in [5, 5.41) is 21.7. The lowest BCUT2D eigenvalue weighted by Crippen LogP contribution is -2.32. The van der Waals surface area contributed by atoms with Crippen LogP contribution in [0.15, 0.2) is 18.2 Å². The van der Waals surface area contributed by atoms with E-state index in [0.29, 0.717) is 30.9 Å². The van der Waals surface area contributed by atoms with Crippen LogP contribution in [0.3, 0.4) is 0 Å². The van der Waals surface area contributed by atoms with Crippen molar-refractivity contribution in [3.63, 3.8) is 0 Å². The molecule has 3 N–H and O–H groups in total. The maximum atomic E-state index is 12.1. The van der Waals surface area contributed by atoms with Crippen molar-refractivity contribution in [1.29, 1.82) is 0 Å². The summed E-state index contributed by atoms with van der Waals surface area (Å²) in [6.45, 7) is 2.28. The number of amides is 1. The van der Waals surface area contributed by atoms with E-state index < -0.39 is 5.97 Å². The predicted molar refractivity (Wildman–Crippen MR) is 78.3 cm³/mol. The SMILES string of the molecule is Cc1cccc(C(=O)NCC2CCC(C(=O)O)CC2)c1O. The zero-order chi connectivity index (χ0) is 15.4. The zero-order valence-electron chi connectivity index (χ0n) is 12.1. The second-order valence-electron chi connectivity index (χ2n) is 5.74. The van der Waals surface area contributed by atoms with Crippen LogP contribution in [-0.4, -0.2) is 28.6 Å². The highest BCUT2D eigenvalue weighted by molar-refractivity contribution is 5.97. The summed E-state index contributed by atoms with van der Waals surface area (Å²) in [5.74, 6) is -0.905. The van der Waals surface area contributed by atoms with Gasteiger partial charge in [-0.25, -0.2) is 0 Å². The van der Waals surface area contributed by atoms with Gasteiger partial charge in [0.2, 0.25) is 0 Å². The maximum absolute atomic E-state index is 12.1. The summed E-state index contributed by atoms with van der Waals surface area (Å²) in [6, 6.07) is 5.08. The Bertz CT molecular complexity index is 533. The number of para-hydroxylation sites is 1. The Balaban J connectivity index is 1.85. The highest BCUT2D eigenvalue weighted by atomic mass is 16.4. The molecular weight excluding hydrogens is 270 g/mol. The van der Waals surface area contributed by atoms with Crippen LogP contribution in [0, 0.1) is 18.8 Å². The number of nitrogens with one attached hydrogen (secondary N) is 1. The van der Waals surface area contributed by atoms with E-state index in [2.05, 4.69) is 5.32 Å². The largest absolute Gasteiger partial charge is 0.507 e. The molecule has 0 bridgehead atoms. The first-order chi connectivity index (χ1) is 9.99. The van der Waals surface area contributed by atoms with Gasteiger partial charge in [-0.2, -0.15) is 0 Å². The quantitative estimate of drug-likeness (QED) is 0.794. The molecule has 5 heteroatoms. The molecule has 1 amide bonds. The van der Waals surface area contributed by atoms with Crippen LogP contribution in [0.2, 0.25) is 0 Å². The normalized spacial score (nSPS) is 21.8. The first kappa shape index (κ1) is 15.4. The summed E-state index contributed by atoms with van der Waals surface area (Å²) < 4.78 is 0. The number of phenolic OH excluding ortho intramolecular Hbond substituents is 1. The Morgan fingerprint density at radius 3 is 2.52 bits per heavy atom. The number of hydrogen-bond donors (Lipinski definition) is 3. The van der Waals surface area contributed by atoms with Gasteiger partial charge in [0.25, 0.3) is 5.91 Å². The zero-order valence-corrected chi connectivity index (χ0v) is 12.1. The second-order valence-corrected chi connectivity index (χ2v) is 5.74. The molecule has 1 aliphatic carbocycles. The molecular formula is C16H21NO4. The van der Waals surface area contributed by atoms with Crippen LogP contribution in [0.4, 0.5) is 0 Å². The standard InChI is InChI=1S/C16H21NO4/c1-10-3-2-4-13(14(10)18)15(19)17-9-11-5-7-12(8-6-11)16(20)21/h2-4,11-12,18H,5-9H2,1H3,(H,17,19)(H,20,21). The highest BCUT2D eigenvalue weighted by Gasteiger charge is 2.26. The van der Waals surface area contributed by atoms with Crippen molar-refractivity contribution in [2.75, 3.05) is 6.54 Å². The number of rotatable bonds is 4. The fourth-order valence-electron chi connectivity index (χ4n) is 2.79. The third-order valence-electron chi connectivity index (χ3n) is 4.23. The predicted octanol–water partition coefficient (Wildman–Crippen LogP) is 2.32. The van der Waals surface area contributed by atoms with Crippen molar-refractivity contribution in [3.8, 4) is 5.75 Å². The molecule has 21 heavy (non-hydrogen) atoms. The van der Waals surface area contributed by atoms with Crippen molar-refractivity contribution in [3.05, 3.63) is 29.3 Å². The van der Waals surface area contributed by atoms with Crippen LogP contribution in [0.1, 0.15) is 41.6 Å². The molecule has 0 saturated heterocycles. The van der Waals surface area contributed by atoms with Crippen molar-refractivity contribution >= 4 is 11.9 Å². The molecule has 0 radical (unpaired) electrons. The second kappa shape index (κ2) is 6.61. The lowest BCUT2D eigenvalue weighted by atomic mass is 9.82. The molecule has 1 aromatic carbocycles. The smallest absolute Gasteiger partial charge is 0.306 e. The number of phenols is 1. The van der Waals surface area contributed by atoms with Crippen molar-refractivity contribution in [1.82, 2.24) is 5.32 Å². The van der Waals surface area contributed by atoms with Gasteiger partial charge in [0, 0.05) is 6.54 Å². The van der Waals surface area contributed by atoms with Gasteiger partial charge >= 0.3 is 5.97 Å². The van der Waals surface area contributed by atoms with E-state index in [4.69, 9.17) is 5.11 Å². The Morgan fingerprint density at radius 1 is 1.24 bits per heavy atom. The van der Waals surface area contributed by atoms with E-state index in [9.17, 15) is 14.7 Å². The third-order valence-corrected chi connectivity index (χ3v) is 4.23. The van der Waals surface area contributed by atoms with Crippen molar-refractivity contribution < 1.29 is 19.8 Å². The molecule has 0 heterocycles. The van der Waals surface area contributed by atoms with Gasteiger partial charge in [-0.15, -0.1) is 0 Å². The first-order valence-electron chi connectivity index (χ1n) is 7.28. The number of carbonyl (C=O) groups excluding carboxylic acids is 1. The Labute approximate surface area is 124 Å². The van der Waals surface area contributed by atoms with Gasteiger partial charge in [-0.05, 0) is 50.2 Å². The van der Waals surface area contributed by atoms with E-state index in [0.717, 1.165) is 12.8 Å². The number of hydrogen-bond acceptors (Lipinski definition) is 3. The molecule has 1 aromatic rings. The van der Waals surface area contributed by atoms with Crippen LogP contribution >= 0.6 is 0 Å². The number of aliphatic carboxylic acids is 1. The minimum Gasteiger partial charge on any atom is -0.507 e. The minimum absolute atomic E-state index is 0.0181. The Kier molecular flexibility index (Phi) is 4.83. The fourth-order valence-corrected chi connectivity index (χ4v) is 2.79. The summed E-state index contributed by atoms with van der Waals surface area (Å²) in [5.41, 5.74) is 0.957. The number of aryl methyl sites for hydroxylation is 1. The lowest BCUT2D eigenvalue weighted by Gasteiger charge is -2.26. The van der Waals surface area contributed by atoms with Gasteiger partial charge < -0.3 is 15.5 Å². The Morgan fingerprint density at radius 2 is 1.90 bits per heavy atom. The van der Waals surface area contributed by atoms with Gasteiger partial charge in [0.1, 0.15) is 5.75 Å². The maximum Gasteiger partial charge on any atom is 0.306 e. The van der Waals surface area contributed by atoms with Crippen LogP contribution in [-0.2, 0) is 4.79 Å². The highest BCUT2D eigenvalue weighted by Crippen LogP contribution is 2.28. The van der Waals surface area contributed by atoms with Gasteiger partial charge in [-0.3, -0.25) is 9.59 Å². The summed E-state index contributed by atoms with van der Waals surface area (Å²) in [6.07, 6.45) is 2.98. The van der Waals surface area contributed by atoms with Crippen molar-refractivity contribution in [2.45, 2.75) is 32.6 Å². The van der Waals surface area contributed by atoms with E-state index >= 15 is 0 Å². The number of carbonyl (C=O) groups is 2. The topological polar surface area (TPSA) is 86.6 Å². The van der Waals surface area contributed by atoms with Crippen LogP contribution < -0.4 is 5.32 Å². The third kappa shape index (κ3) is 3.74. The number of carboxylic acids is 1. The molecule has 1 fully saturated rings. The van der Waals surface area contributed by atoms with E-state index in [1.54, 1.807) is 25.1 Å². The summed E-state index contributed by atoms with van der Waals surface area (Å²) >= 11 is 0. The minimum atomic E-state index is -0.720. The van der Waals surface area contributed by atoms with Gasteiger partial charge in [0.05, 0.1) is 11.5 Å². The fraction of sp³-hybridized carbons (Fsp3) is 0.500. The molecule has 0 aliphatic heterocycles. The number of aromatic hydroxyl groups is 1. The molecule has 0 aromatic heterocycles. The van der Waals surface area contributed by atoms with E-state index in [1.165, 1.54) is 0 Å².